The molecule has 0 aromatic heterocycles. The molecule has 106 valence electrons. The number of aliphatic hydroxyl groups excluding tert-OH is 1. The molecule has 1 unspecified atom stereocenters. The number of benzene rings is 1. The van der Waals surface area contributed by atoms with Gasteiger partial charge in [-0.2, -0.15) is 0 Å². The maximum absolute atomic E-state index is 11.5. The average Bonchev–Trinajstić information content (AvgIpc) is 2.37. The minimum Gasteiger partial charge on any atom is -0.482 e. The van der Waals surface area contributed by atoms with Gasteiger partial charge in [0.05, 0.1) is 11.1 Å². The zero-order chi connectivity index (χ0) is 14.3. The Kier molecular flexibility index (Phi) is 6.99. The summed E-state index contributed by atoms with van der Waals surface area (Å²) in [7, 11) is 0. The highest BCUT2D eigenvalue weighted by molar-refractivity contribution is 6.35. The Labute approximate surface area is 122 Å². The first kappa shape index (κ1) is 16.1. The molecule has 0 aliphatic carbocycles. The third kappa shape index (κ3) is 6.14. The molecule has 0 fully saturated rings. The molecule has 0 spiro atoms. The van der Waals surface area contributed by atoms with E-state index in [1.165, 1.54) is 0 Å². The van der Waals surface area contributed by atoms with Crippen LogP contribution >= 0.6 is 23.2 Å². The molecule has 1 atom stereocenters. The van der Waals surface area contributed by atoms with E-state index in [0.29, 0.717) is 35.2 Å². The van der Waals surface area contributed by atoms with Crippen LogP contribution in [0.5, 0.6) is 5.75 Å². The molecule has 0 aliphatic rings. The van der Waals surface area contributed by atoms with E-state index in [0.717, 1.165) is 0 Å². The summed E-state index contributed by atoms with van der Waals surface area (Å²) in [6.45, 7) is 2.19. The SMILES string of the molecule is CCC(O)CCNC(=O)COc1ccc(Cl)cc1Cl. The molecule has 2 N–H and O–H groups in total. The third-order valence-corrected chi connectivity index (χ3v) is 3.05. The van der Waals surface area contributed by atoms with E-state index in [4.69, 9.17) is 27.9 Å². The zero-order valence-corrected chi connectivity index (χ0v) is 12.2. The lowest BCUT2D eigenvalue weighted by Crippen LogP contribution is -2.31. The molecule has 1 rings (SSSR count). The van der Waals surface area contributed by atoms with Crippen LogP contribution in [0.2, 0.25) is 10.0 Å². The Morgan fingerprint density at radius 2 is 2.21 bits per heavy atom. The van der Waals surface area contributed by atoms with E-state index in [1.54, 1.807) is 18.2 Å². The maximum Gasteiger partial charge on any atom is 0.257 e. The molecule has 0 bridgehead atoms. The van der Waals surface area contributed by atoms with Crippen LogP contribution in [0.15, 0.2) is 18.2 Å². The Hall–Kier alpha value is -0.970. The Morgan fingerprint density at radius 3 is 2.84 bits per heavy atom. The monoisotopic (exact) mass is 305 g/mol. The van der Waals surface area contributed by atoms with Crippen molar-refractivity contribution in [3.63, 3.8) is 0 Å². The van der Waals surface area contributed by atoms with Crippen molar-refractivity contribution in [2.24, 2.45) is 0 Å². The number of halogens is 2. The van der Waals surface area contributed by atoms with Crippen molar-refractivity contribution in [1.82, 2.24) is 5.32 Å². The van der Waals surface area contributed by atoms with Crippen LogP contribution in [0.4, 0.5) is 0 Å². The second-order valence-corrected chi connectivity index (χ2v) is 4.91. The van der Waals surface area contributed by atoms with Crippen LogP contribution < -0.4 is 10.1 Å². The Bertz CT molecular complexity index is 426. The molecular formula is C13H17Cl2NO3. The molecule has 1 aromatic carbocycles. The lowest BCUT2D eigenvalue weighted by atomic mass is 10.2. The summed E-state index contributed by atoms with van der Waals surface area (Å²) in [6, 6.07) is 4.80. The minimum absolute atomic E-state index is 0.121. The summed E-state index contributed by atoms with van der Waals surface area (Å²) < 4.78 is 5.27. The fourth-order valence-corrected chi connectivity index (χ4v) is 1.83. The van der Waals surface area contributed by atoms with Gasteiger partial charge in [-0.25, -0.2) is 0 Å². The van der Waals surface area contributed by atoms with E-state index in [9.17, 15) is 9.90 Å². The van der Waals surface area contributed by atoms with Crippen LogP contribution in [0.3, 0.4) is 0 Å². The van der Waals surface area contributed by atoms with Crippen LogP contribution in [0.25, 0.3) is 0 Å². The predicted octanol–water partition coefficient (Wildman–Crippen LogP) is 2.65. The Balaban J connectivity index is 2.30. The molecule has 0 heterocycles. The smallest absolute Gasteiger partial charge is 0.257 e. The maximum atomic E-state index is 11.5. The molecule has 0 aliphatic heterocycles. The van der Waals surface area contributed by atoms with Gasteiger partial charge in [-0.1, -0.05) is 30.1 Å². The van der Waals surface area contributed by atoms with E-state index in [2.05, 4.69) is 5.32 Å². The van der Waals surface area contributed by atoms with Gasteiger partial charge in [-0.05, 0) is 31.0 Å². The third-order valence-electron chi connectivity index (χ3n) is 2.52. The van der Waals surface area contributed by atoms with Gasteiger partial charge in [0.2, 0.25) is 0 Å². The summed E-state index contributed by atoms with van der Waals surface area (Å²) in [4.78, 5) is 11.5. The largest absolute Gasteiger partial charge is 0.482 e. The van der Waals surface area contributed by atoms with Gasteiger partial charge in [0.25, 0.3) is 5.91 Å². The first-order chi connectivity index (χ1) is 9.02. The number of hydrogen-bond acceptors (Lipinski definition) is 3. The number of carbonyl (C=O) groups excluding carboxylic acids is 1. The van der Waals surface area contributed by atoms with Crippen molar-refractivity contribution in [3.8, 4) is 5.75 Å². The topological polar surface area (TPSA) is 58.6 Å². The van der Waals surface area contributed by atoms with E-state index in [1.807, 2.05) is 6.92 Å². The highest BCUT2D eigenvalue weighted by Gasteiger charge is 2.07. The second-order valence-electron chi connectivity index (χ2n) is 4.06. The fourth-order valence-electron chi connectivity index (χ4n) is 1.37. The molecule has 0 saturated heterocycles. The first-order valence-corrected chi connectivity index (χ1v) is 6.81. The van der Waals surface area contributed by atoms with Crippen molar-refractivity contribution < 1.29 is 14.6 Å². The molecule has 1 amide bonds. The molecule has 6 heteroatoms. The number of nitrogens with one attached hydrogen (secondary N) is 1. The second kappa shape index (κ2) is 8.25. The number of carbonyl (C=O) groups is 1. The van der Waals surface area contributed by atoms with Crippen molar-refractivity contribution in [2.45, 2.75) is 25.9 Å². The zero-order valence-electron chi connectivity index (χ0n) is 10.7. The van der Waals surface area contributed by atoms with Gasteiger partial charge in [0.15, 0.2) is 6.61 Å². The molecule has 1 aromatic rings. The number of amides is 1. The molecule has 4 nitrogen and oxygen atoms in total. The lowest BCUT2D eigenvalue weighted by molar-refractivity contribution is -0.123. The van der Waals surface area contributed by atoms with Gasteiger partial charge >= 0.3 is 0 Å². The highest BCUT2D eigenvalue weighted by Crippen LogP contribution is 2.27. The normalized spacial score (nSPS) is 12.0. The Morgan fingerprint density at radius 1 is 1.47 bits per heavy atom. The summed E-state index contributed by atoms with van der Waals surface area (Å²) in [5, 5.41) is 12.9. The van der Waals surface area contributed by atoms with Gasteiger partial charge in [-0.15, -0.1) is 0 Å². The van der Waals surface area contributed by atoms with Crippen LogP contribution in [0.1, 0.15) is 19.8 Å². The highest BCUT2D eigenvalue weighted by atomic mass is 35.5. The van der Waals surface area contributed by atoms with E-state index in [-0.39, 0.29) is 18.6 Å². The van der Waals surface area contributed by atoms with Crippen molar-refractivity contribution in [3.05, 3.63) is 28.2 Å². The average molecular weight is 306 g/mol. The number of rotatable bonds is 7. The van der Waals surface area contributed by atoms with E-state index >= 15 is 0 Å². The molecule has 0 saturated carbocycles. The predicted molar refractivity (Wildman–Crippen MR) is 75.9 cm³/mol. The first-order valence-electron chi connectivity index (χ1n) is 6.05. The van der Waals surface area contributed by atoms with Crippen LogP contribution in [0, 0.1) is 0 Å². The quantitative estimate of drug-likeness (QED) is 0.814. The van der Waals surface area contributed by atoms with Crippen molar-refractivity contribution >= 4 is 29.1 Å². The molecular weight excluding hydrogens is 289 g/mol. The molecule has 0 radical (unpaired) electrons. The van der Waals surface area contributed by atoms with Crippen LogP contribution in [-0.4, -0.2) is 30.3 Å². The summed E-state index contributed by atoms with van der Waals surface area (Å²) in [5.41, 5.74) is 0. The number of aliphatic hydroxyl groups is 1. The van der Waals surface area contributed by atoms with Gasteiger partial charge in [-0.3, -0.25) is 4.79 Å². The summed E-state index contributed by atoms with van der Waals surface area (Å²) in [6.07, 6.45) is 0.823. The number of hydrogen-bond donors (Lipinski definition) is 2. The summed E-state index contributed by atoms with van der Waals surface area (Å²) in [5.74, 6) is 0.157. The van der Waals surface area contributed by atoms with E-state index < -0.39 is 0 Å². The fraction of sp³-hybridized carbons (Fsp3) is 0.462. The number of ether oxygens (including phenoxy) is 1. The van der Waals surface area contributed by atoms with Gasteiger partial charge in [0.1, 0.15) is 5.75 Å². The van der Waals surface area contributed by atoms with Crippen molar-refractivity contribution in [1.29, 1.82) is 0 Å². The summed E-state index contributed by atoms with van der Waals surface area (Å²) >= 11 is 11.7. The lowest BCUT2D eigenvalue weighted by Gasteiger charge is -2.10. The van der Waals surface area contributed by atoms with Crippen molar-refractivity contribution in [2.75, 3.05) is 13.2 Å². The van der Waals surface area contributed by atoms with Gasteiger partial charge in [0, 0.05) is 11.6 Å². The van der Waals surface area contributed by atoms with Gasteiger partial charge < -0.3 is 15.2 Å². The van der Waals surface area contributed by atoms with Crippen LogP contribution in [-0.2, 0) is 4.79 Å². The minimum atomic E-state index is -0.382. The standard InChI is InChI=1S/C13H17Cl2NO3/c1-2-10(17)5-6-16-13(18)8-19-12-4-3-9(14)7-11(12)15/h3-4,7,10,17H,2,5-6,8H2,1H3,(H,16,18). The molecule has 19 heavy (non-hydrogen) atoms.